The first-order valence-corrected chi connectivity index (χ1v) is 9.86. The number of para-hydroxylation sites is 1. The van der Waals surface area contributed by atoms with Gasteiger partial charge < -0.3 is 10.1 Å². The van der Waals surface area contributed by atoms with Gasteiger partial charge in [-0.2, -0.15) is 0 Å². The van der Waals surface area contributed by atoms with Crippen LogP contribution in [0.3, 0.4) is 0 Å². The van der Waals surface area contributed by atoms with Crippen LogP contribution in [-0.2, 0) is 19.6 Å². The van der Waals surface area contributed by atoms with Gasteiger partial charge in [0.25, 0.3) is 5.91 Å². The van der Waals surface area contributed by atoms with E-state index in [1.54, 1.807) is 31.2 Å². The number of hydrogen-bond donors (Lipinski definition) is 2. The number of benzene rings is 2. The SMILES string of the molecule is CCCC(=O)C(=O)Nc1ccc(Oc2ccccc2)c(NS(C)(=O)=O)c1. The molecule has 0 atom stereocenters. The fourth-order valence-corrected chi connectivity index (χ4v) is 2.69. The van der Waals surface area contributed by atoms with Crippen molar-refractivity contribution < 1.29 is 22.7 Å². The fourth-order valence-electron chi connectivity index (χ4n) is 2.13. The molecule has 7 nitrogen and oxygen atoms in total. The lowest BCUT2D eigenvalue weighted by Gasteiger charge is -2.14. The first-order chi connectivity index (χ1) is 12.3. The van der Waals surface area contributed by atoms with Crippen LogP contribution >= 0.6 is 0 Å². The molecule has 0 aliphatic rings. The van der Waals surface area contributed by atoms with Gasteiger partial charge in [-0.3, -0.25) is 14.3 Å². The van der Waals surface area contributed by atoms with Gasteiger partial charge in [0.1, 0.15) is 5.75 Å². The molecule has 138 valence electrons. The zero-order valence-corrected chi connectivity index (χ0v) is 15.3. The molecule has 0 saturated heterocycles. The Morgan fingerprint density at radius 3 is 2.38 bits per heavy atom. The second-order valence-corrected chi connectivity index (χ2v) is 7.38. The van der Waals surface area contributed by atoms with Crippen molar-refractivity contribution in [3.05, 3.63) is 48.5 Å². The summed E-state index contributed by atoms with van der Waals surface area (Å²) in [5.74, 6) is -0.484. The molecule has 0 aliphatic carbocycles. The molecule has 0 radical (unpaired) electrons. The summed E-state index contributed by atoms with van der Waals surface area (Å²) in [5.41, 5.74) is 0.433. The maximum Gasteiger partial charge on any atom is 0.291 e. The molecule has 0 aliphatic heterocycles. The predicted molar refractivity (Wildman–Crippen MR) is 100.0 cm³/mol. The van der Waals surface area contributed by atoms with E-state index in [1.165, 1.54) is 18.2 Å². The van der Waals surface area contributed by atoms with Crippen LogP contribution in [0.25, 0.3) is 0 Å². The molecule has 1 amide bonds. The molecule has 0 saturated carbocycles. The van der Waals surface area contributed by atoms with Crippen LogP contribution in [0, 0.1) is 0 Å². The zero-order valence-electron chi connectivity index (χ0n) is 14.5. The summed E-state index contributed by atoms with van der Waals surface area (Å²) in [7, 11) is -3.57. The monoisotopic (exact) mass is 376 g/mol. The van der Waals surface area contributed by atoms with Crippen LogP contribution in [0.5, 0.6) is 11.5 Å². The summed E-state index contributed by atoms with van der Waals surface area (Å²) in [6.07, 6.45) is 1.72. The van der Waals surface area contributed by atoms with Crippen molar-refractivity contribution in [1.29, 1.82) is 0 Å². The van der Waals surface area contributed by atoms with Gasteiger partial charge in [-0.05, 0) is 36.8 Å². The van der Waals surface area contributed by atoms with Crippen molar-refractivity contribution in [2.75, 3.05) is 16.3 Å². The smallest absolute Gasteiger partial charge is 0.291 e. The molecule has 0 fully saturated rings. The summed E-state index contributed by atoms with van der Waals surface area (Å²) in [6.45, 7) is 1.80. The summed E-state index contributed by atoms with van der Waals surface area (Å²) in [4.78, 5) is 23.5. The molecular formula is C18H20N2O5S. The van der Waals surface area contributed by atoms with Crippen LogP contribution in [0.2, 0.25) is 0 Å². The van der Waals surface area contributed by atoms with Crippen LogP contribution < -0.4 is 14.8 Å². The number of ether oxygens (including phenoxy) is 1. The average molecular weight is 376 g/mol. The number of rotatable bonds is 8. The normalized spacial score (nSPS) is 10.8. The Morgan fingerprint density at radius 1 is 1.08 bits per heavy atom. The van der Waals surface area contributed by atoms with E-state index in [0.29, 0.717) is 12.2 Å². The number of ketones is 1. The molecular weight excluding hydrogens is 356 g/mol. The Bertz CT molecular complexity index is 895. The van der Waals surface area contributed by atoms with Gasteiger partial charge in [0.15, 0.2) is 5.75 Å². The summed E-state index contributed by atoms with van der Waals surface area (Å²) < 4.78 is 31.3. The molecule has 0 spiro atoms. The third-order valence-electron chi connectivity index (χ3n) is 3.23. The van der Waals surface area contributed by atoms with Gasteiger partial charge in [-0.1, -0.05) is 25.1 Å². The standard InChI is InChI=1S/C18H20N2O5S/c1-3-7-16(21)18(22)19-13-10-11-17(15(12-13)20-26(2,23)24)25-14-8-5-4-6-9-14/h4-6,8-12,20H,3,7H2,1-2H3,(H,19,22). The number of hydrogen-bond acceptors (Lipinski definition) is 5. The van der Waals surface area contributed by atoms with Crippen molar-refractivity contribution >= 4 is 33.1 Å². The van der Waals surface area contributed by atoms with E-state index in [1.807, 2.05) is 6.07 Å². The number of carbonyl (C=O) groups is 2. The minimum Gasteiger partial charge on any atom is -0.455 e. The van der Waals surface area contributed by atoms with Gasteiger partial charge in [-0.15, -0.1) is 0 Å². The lowest BCUT2D eigenvalue weighted by Crippen LogP contribution is -2.22. The molecule has 2 aromatic carbocycles. The van der Waals surface area contributed by atoms with E-state index in [-0.39, 0.29) is 23.5 Å². The second-order valence-electron chi connectivity index (χ2n) is 5.63. The maximum atomic E-state index is 11.8. The van der Waals surface area contributed by atoms with Crippen LogP contribution in [-0.4, -0.2) is 26.4 Å². The summed E-state index contributed by atoms with van der Waals surface area (Å²) >= 11 is 0. The van der Waals surface area contributed by atoms with Gasteiger partial charge in [0, 0.05) is 12.1 Å². The Morgan fingerprint density at radius 2 is 1.77 bits per heavy atom. The molecule has 0 unspecified atom stereocenters. The number of sulfonamides is 1. The minimum atomic E-state index is -3.57. The van der Waals surface area contributed by atoms with Crippen LogP contribution in [0.4, 0.5) is 11.4 Å². The van der Waals surface area contributed by atoms with Crippen LogP contribution in [0.15, 0.2) is 48.5 Å². The third-order valence-corrected chi connectivity index (χ3v) is 3.82. The molecule has 8 heteroatoms. The number of carbonyl (C=O) groups excluding carboxylic acids is 2. The number of anilines is 2. The summed E-state index contributed by atoms with van der Waals surface area (Å²) in [5, 5.41) is 2.46. The molecule has 2 N–H and O–H groups in total. The lowest BCUT2D eigenvalue weighted by atomic mass is 10.2. The van der Waals surface area contributed by atoms with Crippen molar-refractivity contribution in [1.82, 2.24) is 0 Å². The molecule has 2 rings (SSSR count). The Hall–Kier alpha value is -2.87. The minimum absolute atomic E-state index is 0.148. The predicted octanol–water partition coefficient (Wildman–Crippen LogP) is 3.16. The van der Waals surface area contributed by atoms with Crippen LogP contribution in [0.1, 0.15) is 19.8 Å². The number of nitrogens with one attached hydrogen (secondary N) is 2. The number of amides is 1. The van der Waals surface area contributed by atoms with Crippen molar-refractivity contribution in [3.63, 3.8) is 0 Å². The maximum absolute atomic E-state index is 11.8. The van der Waals surface area contributed by atoms with E-state index in [2.05, 4.69) is 10.0 Å². The third kappa shape index (κ3) is 5.89. The fraction of sp³-hybridized carbons (Fsp3) is 0.222. The molecule has 0 bridgehead atoms. The van der Waals surface area contributed by atoms with Gasteiger partial charge in [-0.25, -0.2) is 8.42 Å². The highest BCUT2D eigenvalue weighted by Gasteiger charge is 2.15. The van der Waals surface area contributed by atoms with E-state index in [4.69, 9.17) is 4.74 Å². The zero-order chi connectivity index (χ0) is 19.2. The molecule has 0 heterocycles. The highest BCUT2D eigenvalue weighted by atomic mass is 32.2. The first-order valence-electron chi connectivity index (χ1n) is 7.97. The van der Waals surface area contributed by atoms with Crippen molar-refractivity contribution in [2.45, 2.75) is 19.8 Å². The average Bonchev–Trinajstić information content (AvgIpc) is 2.57. The van der Waals surface area contributed by atoms with E-state index in [0.717, 1.165) is 6.26 Å². The quantitative estimate of drug-likeness (QED) is 0.689. The largest absolute Gasteiger partial charge is 0.455 e. The Balaban J connectivity index is 2.29. The highest BCUT2D eigenvalue weighted by Crippen LogP contribution is 2.32. The highest BCUT2D eigenvalue weighted by molar-refractivity contribution is 7.92. The topological polar surface area (TPSA) is 102 Å². The van der Waals surface area contributed by atoms with E-state index >= 15 is 0 Å². The Kier molecular flexibility index (Phi) is 6.35. The molecule has 0 aromatic heterocycles. The number of Topliss-reactive ketones (excluding diaryl/α,β-unsaturated/α-hetero) is 1. The van der Waals surface area contributed by atoms with Gasteiger partial charge >= 0.3 is 0 Å². The summed E-state index contributed by atoms with van der Waals surface area (Å²) in [6, 6.07) is 13.3. The first kappa shape index (κ1) is 19.5. The lowest BCUT2D eigenvalue weighted by molar-refractivity contribution is -0.134. The molecule has 2 aromatic rings. The molecule has 26 heavy (non-hydrogen) atoms. The van der Waals surface area contributed by atoms with E-state index < -0.39 is 21.7 Å². The van der Waals surface area contributed by atoms with Crippen molar-refractivity contribution in [3.8, 4) is 11.5 Å². The Labute approximate surface area is 152 Å². The van der Waals surface area contributed by atoms with Gasteiger partial charge in [0.05, 0.1) is 11.9 Å². The van der Waals surface area contributed by atoms with E-state index in [9.17, 15) is 18.0 Å². The van der Waals surface area contributed by atoms with Crippen molar-refractivity contribution in [2.24, 2.45) is 0 Å². The van der Waals surface area contributed by atoms with Gasteiger partial charge in [0.2, 0.25) is 15.8 Å². The second kappa shape index (κ2) is 8.48.